The van der Waals surface area contributed by atoms with Crippen LogP contribution in [0, 0.1) is 0 Å². The molecule has 1 atom stereocenters. The lowest BCUT2D eigenvalue weighted by Crippen LogP contribution is -2.17. The van der Waals surface area contributed by atoms with Gasteiger partial charge in [0.1, 0.15) is 0 Å². The molecule has 1 rings (SSSR count). The summed E-state index contributed by atoms with van der Waals surface area (Å²) in [6.07, 6.45) is 0.501. The summed E-state index contributed by atoms with van der Waals surface area (Å²) in [5, 5.41) is 11.6. The van der Waals surface area contributed by atoms with Gasteiger partial charge >= 0.3 is 5.97 Å². The molecule has 0 heterocycles. The minimum Gasteiger partial charge on any atom is -0.481 e. The molecule has 0 aliphatic carbocycles. The van der Waals surface area contributed by atoms with Gasteiger partial charge in [-0.25, -0.2) is 0 Å². The number of hydrogen-bond donors (Lipinski definition) is 2. The van der Waals surface area contributed by atoms with E-state index in [1.807, 2.05) is 6.92 Å². The Hall–Kier alpha value is -1.30. The quantitative estimate of drug-likeness (QED) is 0.745. The summed E-state index contributed by atoms with van der Waals surface area (Å²) in [4.78, 5) is 10.9. The third-order valence-corrected chi connectivity index (χ3v) is 3.08. The van der Waals surface area contributed by atoms with Crippen molar-refractivity contribution in [1.29, 1.82) is 0 Å². The Morgan fingerprint density at radius 3 is 2.72 bits per heavy atom. The fourth-order valence-corrected chi connectivity index (χ4v) is 2.07. The van der Waals surface area contributed by atoms with Crippen LogP contribution < -0.4 is 5.32 Å². The lowest BCUT2D eigenvalue weighted by atomic mass is 10.1. The third-order valence-electron chi connectivity index (χ3n) is 2.30. The number of alkyl halides is 2. The second kappa shape index (κ2) is 7.20. The maximum absolute atomic E-state index is 12.3. The number of benzene rings is 1. The minimum atomic E-state index is -2.47. The fraction of sp³-hybridized carbons (Fsp3) is 0.417. The van der Waals surface area contributed by atoms with Crippen molar-refractivity contribution >= 4 is 23.4 Å². The lowest BCUT2D eigenvalue weighted by molar-refractivity contribution is -0.137. The molecule has 100 valence electrons. The molecule has 0 amide bonds. The summed E-state index contributed by atoms with van der Waals surface area (Å²) in [6, 6.07) is 6.69. The van der Waals surface area contributed by atoms with Gasteiger partial charge in [0.05, 0.1) is 0 Å². The summed E-state index contributed by atoms with van der Waals surface area (Å²) in [5.74, 6) is -3.33. The molecule has 6 heteroatoms. The van der Waals surface area contributed by atoms with Gasteiger partial charge in [-0.15, -0.1) is 0 Å². The summed E-state index contributed by atoms with van der Waals surface area (Å²) >= 11 is 0.479. The van der Waals surface area contributed by atoms with Gasteiger partial charge in [0.25, 0.3) is 5.76 Å². The molecule has 0 saturated carbocycles. The highest BCUT2D eigenvalue weighted by molar-refractivity contribution is 7.99. The Bertz CT molecular complexity index is 401. The van der Waals surface area contributed by atoms with Crippen LogP contribution in [-0.2, 0) is 4.79 Å². The smallest absolute Gasteiger partial charge is 0.303 e. The Labute approximate surface area is 109 Å². The Balaban J connectivity index is 2.62. The molecule has 0 spiro atoms. The molecule has 18 heavy (non-hydrogen) atoms. The molecule has 0 aliphatic heterocycles. The van der Waals surface area contributed by atoms with Crippen LogP contribution in [0.3, 0.4) is 0 Å². The fourth-order valence-electron chi connectivity index (χ4n) is 1.46. The number of carbonyl (C=O) groups is 1. The second-order valence-electron chi connectivity index (χ2n) is 3.85. The van der Waals surface area contributed by atoms with Crippen molar-refractivity contribution in [3.8, 4) is 0 Å². The van der Waals surface area contributed by atoms with Crippen LogP contribution in [0.25, 0.3) is 0 Å². The number of para-hydroxylation sites is 1. The Morgan fingerprint density at radius 1 is 1.44 bits per heavy atom. The molecule has 1 aromatic rings. The van der Waals surface area contributed by atoms with Crippen LogP contribution in [0.15, 0.2) is 29.2 Å². The molecular formula is C12H15F2NO2S. The lowest BCUT2D eigenvalue weighted by Gasteiger charge is -2.17. The number of hydrogen-bond acceptors (Lipinski definition) is 3. The van der Waals surface area contributed by atoms with Crippen molar-refractivity contribution in [2.24, 2.45) is 0 Å². The molecule has 0 aromatic heterocycles. The molecule has 1 aromatic carbocycles. The number of halogens is 2. The van der Waals surface area contributed by atoms with Crippen molar-refractivity contribution in [3.63, 3.8) is 0 Å². The van der Waals surface area contributed by atoms with Crippen molar-refractivity contribution in [3.05, 3.63) is 24.3 Å². The van der Waals surface area contributed by atoms with Gasteiger partial charge in [-0.3, -0.25) is 4.79 Å². The predicted octanol–water partition coefficient (Wildman–Crippen LogP) is 3.67. The van der Waals surface area contributed by atoms with Gasteiger partial charge in [0.2, 0.25) is 0 Å². The van der Waals surface area contributed by atoms with Crippen LogP contribution in [0.5, 0.6) is 0 Å². The highest BCUT2D eigenvalue weighted by Crippen LogP contribution is 2.32. The Kier molecular flexibility index (Phi) is 5.91. The van der Waals surface area contributed by atoms with Crippen molar-refractivity contribution in [2.45, 2.75) is 36.5 Å². The van der Waals surface area contributed by atoms with E-state index < -0.39 is 11.7 Å². The van der Waals surface area contributed by atoms with Gasteiger partial charge < -0.3 is 10.4 Å². The first-order valence-electron chi connectivity index (χ1n) is 5.51. The summed E-state index contributed by atoms with van der Waals surface area (Å²) in [7, 11) is 0. The van der Waals surface area contributed by atoms with Crippen molar-refractivity contribution in [2.75, 3.05) is 5.32 Å². The molecule has 1 unspecified atom stereocenters. The number of nitrogens with one attached hydrogen (secondary N) is 1. The highest BCUT2D eigenvalue weighted by atomic mass is 32.2. The zero-order valence-corrected chi connectivity index (χ0v) is 10.7. The zero-order chi connectivity index (χ0) is 13.5. The predicted molar refractivity (Wildman–Crippen MR) is 68.3 cm³/mol. The largest absolute Gasteiger partial charge is 0.481 e. The molecule has 0 fully saturated rings. The van der Waals surface area contributed by atoms with E-state index in [0.29, 0.717) is 28.8 Å². The third kappa shape index (κ3) is 5.35. The van der Waals surface area contributed by atoms with Gasteiger partial charge in [0, 0.05) is 23.0 Å². The number of carboxylic acid groups (broad SMARTS) is 1. The monoisotopic (exact) mass is 275 g/mol. The maximum Gasteiger partial charge on any atom is 0.303 e. The zero-order valence-electron chi connectivity index (χ0n) is 9.90. The first kappa shape index (κ1) is 14.8. The molecule has 3 nitrogen and oxygen atoms in total. The molecule has 0 radical (unpaired) electrons. The SMILES string of the molecule is CC(CCC(=O)O)Nc1ccccc1SC(F)F. The van der Waals surface area contributed by atoms with E-state index in [1.165, 1.54) is 0 Å². The topological polar surface area (TPSA) is 49.3 Å². The number of thioether (sulfide) groups is 1. The van der Waals surface area contributed by atoms with E-state index >= 15 is 0 Å². The summed E-state index contributed by atoms with van der Waals surface area (Å²) in [5.41, 5.74) is 0.612. The van der Waals surface area contributed by atoms with E-state index in [4.69, 9.17) is 5.11 Å². The number of anilines is 1. The number of carboxylic acids is 1. The van der Waals surface area contributed by atoms with Crippen LogP contribution in [0.4, 0.5) is 14.5 Å². The van der Waals surface area contributed by atoms with Gasteiger partial charge in [0.15, 0.2) is 0 Å². The average molecular weight is 275 g/mol. The number of rotatable bonds is 7. The molecular weight excluding hydrogens is 260 g/mol. The standard InChI is InChI=1S/C12H15F2NO2S/c1-8(6-7-11(16)17)15-9-4-2-3-5-10(9)18-12(13)14/h2-5,8,12,15H,6-7H2,1H3,(H,16,17). The average Bonchev–Trinajstić information content (AvgIpc) is 2.28. The second-order valence-corrected chi connectivity index (χ2v) is 4.88. The van der Waals surface area contributed by atoms with E-state index in [1.54, 1.807) is 24.3 Å². The van der Waals surface area contributed by atoms with Crippen LogP contribution in [0.2, 0.25) is 0 Å². The minimum absolute atomic E-state index is 0.0539. The van der Waals surface area contributed by atoms with E-state index in [2.05, 4.69) is 5.32 Å². The number of aliphatic carboxylic acids is 1. The van der Waals surface area contributed by atoms with Crippen molar-refractivity contribution < 1.29 is 18.7 Å². The van der Waals surface area contributed by atoms with Crippen molar-refractivity contribution in [1.82, 2.24) is 0 Å². The van der Waals surface area contributed by atoms with Gasteiger partial charge in [-0.1, -0.05) is 23.9 Å². The highest BCUT2D eigenvalue weighted by Gasteiger charge is 2.11. The maximum atomic E-state index is 12.3. The van der Waals surface area contributed by atoms with Gasteiger partial charge in [-0.05, 0) is 25.5 Å². The molecule has 2 N–H and O–H groups in total. The summed E-state index contributed by atoms with van der Waals surface area (Å²) in [6.45, 7) is 1.83. The van der Waals surface area contributed by atoms with E-state index in [-0.39, 0.29) is 12.5 Å². The van der Waals surface area contributed by atoms with Gasteiger partial charge in [-0.2, -0.15) is 8.78 Å². The van der Waals surface area contributed by atoms with Crippen LogP contribution in [0.1, 0.15) is 19.8 Å². The first-order chi connectivity index (χ1) is 8.49. The molecule has 0 saturated heterocycles. The van der Waals surface area contributed by atoms with Crippen LogP contribution in [-0.4, -0.2) is 22.9 Å². The van der Waals surface area contributed by atoms with Crippen LogP contribution >= 0.6 is 11.8 Å². The molecule has 0 aliphatic rings. The molecule has 0 bridgehead atoms. The normalized spacial score (nSPS) is 12.4. The summed E-state index contributed by atoms with van der Waals surface area (Å²) < 4.78 is 24.7. The van der Waals surface area contributed by atoms with E-state index in [9.17, 15) is 13.6 Å². The first-order valence-corrected chi connectivity index (χ1v) is 6.39. The van der Waals surface area contributed by atoms with E-state index in [0.717, 1.165) is 0 Å². The Morgan fingerprint density at radius 2 is 2.11 bits per heavy atom.